The fourth-order valence-electron chi connectivity index (χ4n) is 3.97. The zero-order chi connectivity index (χ0) is 14.4. The SMILES string of the molecule is CNC1(C(=O)O)CCCC1CCOC1CCCCCC1. The molecule has 116 valence electrons. The highest BCUT2D eigenvalue weighted by Crippen LogP contribution is 2.38. The summed E-state index contributed by atoms with van der Waals surface area (Å²) in [6.07, 6.45) is 11.6. The molecule has 0 spiro atoms. The second-order valence-electron chi connectivity index (χ2n) is 6.39. The fourth-order valence-corrected chi connectivity index (χ4v) is 3.97. The zero-order valence-corrected chi connectivity index (χ0v) is 12.7. The van der Waals surface area contributed by atoms with Crippen LogP contribution in [0.4, 0.5) is 0 Å². The molecule has 2 atom stereocenters. The molecule has 2 saturated carbocycles. The Bertz CT molecular complexity index is 313. The van der Waals surface area contributed by atoms with Crippen molar-refractivity contribution in [3.05, 3.63) is 0 Å². The molecule has 0 bridgehead atoms. The van der Waals surface area contributed by atoms with Gasteiger partial charge in [-0.25, -0.2) is 0 Å². The van der Waals surface area contributed by atoms with Crippen LogP contribution in [-0.4, -0.2) is 36.4 Å². The maximum atomic E-state index is 11.6. The van der Waals surface area contributed by atoms with Crippen molar-refractivity contribution in [2.75, 3.05) is 13.7 Å². The van der Waals surface area contributed by atoms with Gasteiger partial charge in [-0.05, 0) is 45.1 Å². The maximum absolute atomic E-state index is 11.6. The van der Waals surface area contributed by atoms with Gasteiger partial charge in [0.25, 0.3) is 0 Å². The summed E-state index contributed by atoms with van der Waals surface area (Å²) in [6.45, 7) is 0.714. The number of carboxylic acids is 1. The van der Waals surface area contributed by atoms with Crippen molar-refractivity contribution >= 4 is 5.97 Å². The minimum atomic E-state index is -0.715. The molecule has 4 heteroatoms. The summed E-state index contributed by atoms with van der Waals surface area (Å²) in [6, 6.07) is 0. The average molecular weight is 283 g/mol. The van der Waals surface area contributed by atoms with Crippen LogP contribution in [0.3, 0.4) is 0 Å². The molecular formula is C16H29NO3. The molecule has 2 N–H and O–H groups in total. The smallest absolute Gasteiger partial charge is 0.324 e. The summed E-state index contributed by atoms with van der Waals surface area (Å²) >= 11 is 0. The summed E-state index contributed by atoms with van der Waals surface area (Å²) in [4.78, 5) is 11.6. The molecule has 2 aliphatic carbocycles. The van der Waals surface area contributed by atoms with Crippen LogP contribution in [0, 0.1) is 5.92 Å². The van der Waals surface area contributed by atoms with Gasteiger partial charge in [0.05, 0.1) is 6.10 Å². The van der Waals surface area contributed by atoms with Crippen LogP contribution in [0.5, 0.6) is 0 Å². The van der Waals surface area contributed by atoms with Crippen LogP contribution in [0.2, 0.25) is 0 Å². The second-order valence-corrected chi connectivity index (χ2v) is 6.39. The number of ether oxygens (including phenoxy) is 1. The van der Waals surface area contributed by atoms with Gasteiger partial charge in [-0.15, -0.1) is 0 Å². The molecule has 20 heavy (non-hydrogen) atoms. The van der Waals surface area contributed by atoms with Crippen molar-refractivity contribution in [3.8, 4) is 0 Å². The highest BCUT2D eigenvalue weighted by atomic mass is 16.5. The Morgan fingerprint density at radius 2 is 1.90 bits per heavy atom. The molecule has 0 aromatic carbocycles. The third kappa shape index (κ3) is 3.53. The van der Waals surface area contributed by atoms with Crippen molar-refractivity contribution in [1.82, 2.24) is 5.32 Å². The molecule has 2 fully saturated rings. The Morgan fingerprint density at radius 1 is 1.20 bits per heavy atom. The third-order valence-corrected chi connectivity index (χ3v) is 5.27. The molecule has 0 saturated heterocycles. The lowest BCUT2D eigenvalue weighted by Crippen LogP contribution is -2.53. The Labute approximate surface area is 122 Å². The molecule has 2 unspecified atom stereocenters. The van der Waals surface area contributed by atoms with Crippen LogP contribution >= 0.6 is 0 Å². The van der Waals surface area contributed by atoms with Gasteiger partial charge in [0, 0.05) is 6.61 Å². The molecule has 0 radical (unpaired) electrons. The minimum absolute atomic E-state index is 0.204. The normalized spacial score (nSPS) is 32.1. The third-order valence-electron chi connectivity index (χ3n) is 5.27. The van der Waals surface area contributed by atoms with E-state index in [9.17, 15) is 9.90 Å². The first-order valence-corrected chi connectivity index (χ1v) is 8.23. The Kier molecular flexibility index (Phi) is 5.85. The van der Waals surface area contributed by atoms with Gasteiger partial charge in [0.1, 0.15) is 5.54 Å². The molecule has 0 aromatic heterocycles. The predicted octanol–water partition coefficient (Wildman–Crippen LogP) is 2.96. The van der Waals surface area contributed by atoms with E-state index in [0.29, 0.717) is 12.7 Å². The number of carboxylic acid groups (broad SMARTS) is 1. The topological polar surface area (TPSA) is 58.6 Å². The van der Waals surface area contributed by atoms with Crippen molar-refractivity contribution in [1.29, 1.82) is 0 Å². The van der Waals surface area contributed by atoms with Gasteiger partial charge in [0.15, 0.2) is 0 Å². The molecule has 4 nitrogen and oxygen atoms in total. The van der Waals surface area contributed by atoms with Crippen LogP contribution in [0.1, 0.15) is 64.2 Å². The number of nitrogens with one attached hydrogen (secondary N) is 1. The van der Waals surface area contributed by atoms with Crippen LogP contribution < -0.4 is 5.32 Å². The van der Waals surface area contributed by atoms with E-state index >= 15 is 0 Å². The second kappa shape index (κ2) is 7.41. The number of hydrogen-bond acceptors (Lipinski definition) is 3. The van der Waals surface area contributed by atoms with Gasteiger partial charge in [0.2, 0.25) is 0 Å². The largest absolute Gasteiger partial charge is 0.480 e. The summed E-state index contributed by atoms with van der Waals surface area (Å²) in [5, 5.41) is 12.6. The number of likely N-dealkylation sites (N-methyl/N-ethyl adjacent to an activating group) is 1. The Hall–Kier alpha value is -0.610. The van der Waals surface area contributed by atoms with Crippen LogP contribution in [0.15, 0.2) is 0 Å². The van der Waals surface area contributed by atoms with Crippen molar-refractivity contribution in [2.24, 2.45) is 5.92 Å². The standard InChI is InChI=1S/C16H29NO3/c1-17-16(15(18)19)11-6-7-13(16)10-12-20-14-8-4-2-3-5-9-14/h13-14,17H,2-12H2,1H3,(H,18,19). The van der Waals surface area contributed by atoms with E-state index in [0.717, 1.165) is 25.7 Å². The molecular weight excluding hydrogens is 254 g/mol. The maximum Gasteiger partial charge on any atom is 0.324 e. The van der Waals surface area contributed by atoms with Gasteiger partial charge in [-0.1, -0.05) is 32.1 Å². The van der Waals surface area contributed by atoms with E-state index in [4.69, 9.17) is 4.74 Å². The summed E-state index contributed by atoms with van der Waals surface area (Å²) in [5.74, 6) is -0.493. The molecule has 2 rings (SSSR count). The van der Waals surface area contributed by atoms with E-state index in [2.05, 4.69) is 5.32 Å². The Balaban J connectivity index is 1.79. The summed E-state index contributed by atoms with van der Waals surface area (Å²) in [5.41, 5.74) is -0.715. The molecule has 0 aromatic rings. The molecule has 0 amide bonds. The van der Waals surface area contributed by atoms with E-state index in [1.807, 2.05) is 0 Å². The first kappa shape index (κ1) is 15.8. The minimum Gasteiger partial charge on any atom is -0.480 e. The van der Waals surface area contributed by atoms with Crippen LogP contribution in [0.25, 0.3) is 0 Å². The quantitative estimate of drug-likeness (QED) is 0.736. The highest BCUT2D eigenvalue weighted by molar-refractivity contribution is 5.79. The predicted molar refractivity (Wildman–Crippen MR) is 78.8 cm³/mol. The van der Waals surface area contributed by atoms with Crippen molar-refractivity contribution < 1.29 is 14.6 Å². The van der Waals surface area contributed by atoms with Gasteiger partial charge in [-0.2, -0.15) is 0 Å². The van der Waals surface area contributed by atoms with E-state index in [1.165, 1.54) is 38.5 Å². The van der Waals surface area contributed by atoms with Crippen LogP contribution in [-0.2, 0) is 9.53 Å². The highest BCUT2D eigenvalue weighted by Gasteiger charge is 2.47. The lowest BCUT2D eigenvalue weighted by molar-refractivity contribution is -0.146. The zero-order valence-electron chi connectivity index (χ0n) is 12.7. The summed E-state index contributed by atoms with van der Waals surface area (Å²) < 4.78 is 6.02. The van der Waals surface area contributed by atoms with Gasteiger partial charge in [-0.3, -0.25) is 4.79 Å². The Morgan fingerprint density at radius 3 is 2.50 bits per heavy atom. The van der Waals surface area contributed by atoms with E-state index in [1.54, 1.807) is 7.05 Å². The van der Waals surface area contributed by atoms with Crippen molar-refractivity contribution in [3.63, 3.8) is 0 Å². The lowest BCUT2D eigenvalue weighted by atomic mass is 9.85. The molecule has 2 aliphatic rings. The molecule has 0 heterocycles. The number of aliphatic carboxylic acids is 1. The number of hydrogen-bond donors (Lipinski definition) is 2. The monoisotopic (exact) mass is 283 g/mol. The van der Waals surface area contributed by atoms with Crippen molar-refractivity contribution in [2.45, 2.75) is 75.9 Å². The summed E-state index contributed by atoms with van der Waals surface area (Å²) in [7, 11) is 1.78. The number of carbonyl (C=O) groups is 1. The van der Waals surface area contributed by atoms with E-state index < -0.39 is 11.5 Å². The number of rotatable bonds is 6. The first-order chi connectivity index (χ1) is 9.69. The first-order valence-electron chi connectivity index (χ1n) is 8.23. The van der Waals surface area contributed by atoms with Gasteiger partial charge < -0.3 is 15.2 Å². The van der Waals surface area contributed by atoms with E-state index in [-0.39, 0.29) is 5.92 Å². The average Bonchev–Trinajstić information content (AvgIpc) is 2.68. The fraction of sp³-hybridized carbons (Fsp3) is 0.938. The van der Waals surface area contributed by atoms with Gasteiger partial charge >= 0.3 is 5.97 Å². The molecule has 0 aliphatic heterocycles. The lowest BCUT2D eigenvalue weighted by Gasteiger charge is -2.31.